The van der Waals surface area contributed by atoms with Crippen molar-refractivity contribution in [3.63, 3.8) is 0 Å². The summed E-state index contributed by atoms with van der Waals surface area (Å²) in [7, 11) is 0. The Morgan fingerprint density at radius 2 is 2.19 bits per heavy atom. The molecule has 2 rings (SSSR count). The van der Waals surface area contributed by atoms with E-state index < -0.39 is 0 Å². The van der Waals surface area contributed by atoms with Gasteiger partial charge in [-0.1, -0.05) is 19.9 Å². The number of hydrogen-bond acceptors (Lipinski definition) is 3. The lowest BCUT2D eigenvalue weighted by molar-refractivity contribution is 0.658. The molecule has 21 heavy (non-hydrogen) atoms. The van der Waals surface area contributed by atoms with E-state index in [4.69, 9.17) is 5.73 Å². The standard InChI is InChI=1S/C14H22N6.HI/c1-11(2)10-17-14(15)16-8-5-7-13-19-18-12-6-3-4-9-20(12)13;/h3-4,6,9,11H,5,7-8,10H2,1-2H3,(H3,15,16,17);1H. The molecule has 0 unspecified atom stereocenters. The predicted molar refractivity (Wildman–Crippen MR) is 96.1 cm³/mol. The van der Waals surface area contributed by atoms with Gasteiger partial charge in [-0.2, -0.15) is 0 Å². The second-order valence-electron chi connectivity index (χ2n) is 5.20. The van der Waals surface area contributed by atoms with Crippen molar-refractivity contribution >= 4 is 35.6 Å². The molecule has 0 saturated heterocycles. The summed E-state index contributed by atoms with van der Waals surface area (Å²) >= 11 is 0. The Labute approximate surface area is 142 Å². The van der Waals surface area contributed by atoms with Gasteiger partial charge in [0.25, 0.3) is 0 Å². The summed E-state index contributed by atoms with van der Waals surface area (Å²) < 4.78 is 2.01. The van der Waals surface area contributed by atoms with Gasteiger partial charge in [0, 0.05) is 25.7 Å². The fourth-order valence-electron chi connectivity index (χ4n) is 1.86. The number of fused-ring (bicyclic) bond motifs is 1. The highest BCUT2D eigenvalue weighted by molar-refractivity contribution is 14.0. The number of nitrogens with one attached hydrogen (secondary N) is 1. The molecule has 0 bridgehead atoms. The normalized spacial score (nSPS) is 11.7. The second-order valence-corrected chi connectivity index (χ2v) is 5.20. The number of aryl methyl sites for hydroxylation is 1. The fourth-order valence-corrected chi connectivity index (χ4v) is 1.86. The smallest absolute Gasteiger partial charge is 0.188 e. The predicted octanol–water partition coefficient (Wildman–Crippen LogP) is 1.84. The lowest BCUT2D eigenvalue weighted by Gasteiger charge is -2.06. The van der Waals surface area contributed by atoms with Crippen LogP contribution in [0.4, 0.5) is 0 Å². The van der Waals surface area contributed by atoms with Crippen molar-refractivity contribution in [3.05, 3.63) is 30.2 Å². The van der Waals surface area contributed by atoms with Crippen molar-refractivity contribution in [2.45, 2.75) is 26.7 Å². The van der Waals surface area contributed by atoms with Crippen LogP contribution in [0.25, 0.3) is 5.65 Å². The first-order valence-corrected chi connectivity index (χ1v) is 6.99. The number of pyridine rings is 1. The van der Waals surface area contributed by atoms with Crippen LogP contribution < -0.4 is 11.1 Å². The quantitative estimate of drug-likeness (QED) is 0.335. The summed E-state index contributed by atoms with van der Waals surface area (Å²) in [6.45, 7) is 5.78. The Balaban J connectivity index is 0.00000220. The second kappa shape index (κ2) is 8.81. The van der Waals surface area contributed by atoms with Gasteiger partial charge in [-0.3, -0.25) is 9.39 Å². The van der Waals surface area contributed by atoms with Gasteiger partial charge in [-0.15, -0.1) is 34.2 Å². The number of nitrogens with zero attached hydrogens (tertiary/aromatic N) is 4. The van der Waals surface area contributed by atoms with E-state index in [9.17, 15) is 0 Å². The third-order valence-electron chi connectivity index (χ3n) is 2.89. The third-order valence-corrected chi connectivity index (χ3v) is 2.89. The SMILES string of the molecule is CC(C)CN=C(N)NCCCc1nnc2ccccn12.I. The Kier molecular flexibility index (Phi) is 7.41. The van der Waals surface area contributed by atoms with E-state index in [1.165, 1.54) is 0 Å². The van der Waals surface area contributed by atoms with Crippen molar-refractivity contribution in [2.24, 2.45) is 16.6 Å². The van der Waals surface area contributed by atoms with Gasteiger partial charge >= 0.3 is 0 Å². The van der Waals surface area contributed by atoms with Crippen LogP contribution in [-0.4, -0.2) is 33.6 Å². The first kappa shape index (κ1) is 17.7. The van der Waals surface area contributed by atoms with E-state index >= 15 is 0 Å². The van der Waals surface area contributed by atoms with Gasteiger partial charge in [0.2, 0.25) is 0 Å². The molecular formula is C14H23IN6. The van der Waals surface area contributed by atoms with Crippen LogP contribution in [-0.2, 0) is 6.42 Å². The minimum Gasteiger partial charge on any atom is -0.370 e. The first-order chi connectivity index (χ1) is 9.66. The van der Waals surface area contributed by atoms with Gasteiger partial charge in [-0.25, -0.2) is 0 Å². The van der Waals surface area contributed by atoms with Gasteiger partial charge in [0.15, 0.2) is 11.6 Å². The van der Waals surface area contributed by atoms with Crippen molar-refractivity contribution in [3.8, 4) is 0 Å². The molecule has 0 atom stereocenters. The number of aliphatic imine (C=N–C) groups is 1. The Morgan fingerprint density at radius 3 is 2.95 bits per heavy atom. The topological polar surface area (TPSA) is 80.6 Å². The van der Waals surface area contributed by atoms with Crippen LogP contribution >= 0.6 is 24.0 Å². The molecule has 0 fully saturated rings. The monoisotopic (exact) mass is 402 g/mol. The fraction of sp³-hybridized carbons (Fsp3) is 0.500. The maximum atomic E-state index is 5.78. The maximum Gasteiger partial charge on any atom is 0.188 e. The molecule has 0 radical (unpaired) electrons. The van der Waals surface area contributed by atoms with E-state index in [-0.39, 0.29) is 24.0 Å². The lowest BCUT2D eigenvalue weighted by Crippen LogP contribution is -2.33. The van der Waals surface area contributed by atoms with Gasteiger partial charge < -0.3 is 11.1 Å². The lowest BCUT2D eigenvalue weighted by atomic mass is 10.2. The van der Waals surface area contributed by atoms with Crippen LogP contribution in [0.1, 0.15) is 26.1 Å². The Morgan fingerprint density at radius 1 is 1.38 bits per heavy atom. The van der Waals surface area contributed by atoms with Crippen LogP contribution in [0.3, 0.4) is 0 Å². The largest absolute Gasteiger partial charge is 0.370 e. The van der Waals surface area contributed by atoms with Crippen molar-refractivity contribution < 1.29 is 0 Å². The maximum absolute atomic E-state index is 5.78. The molecule has 0 aromatic carbocycles. The molecular weight excluding hydrogens is 379 g/mol. The van der Waals surface area contributed by atoms with Crippen molar-refractivity contribution in [2.75, 3.05) is 13.1 Å². The van der Waals surface area contributed by atoms with Gasteiger partial charge in [-0.05, 0) is 24.5 Å². The zero-order valence-electron chi connectivity index (χ0n) is 12.5. The molecule has 0 aliphatic heterocycles. The van der Waals surface area contributed by atoms with E-state index in [0.29, 0.717) is 11.9 Å². The number of halogens is 1. The molecule has 0 amide bonds. The zero-order chi connectivity index (χ0) is 14.4. The Hall–Kier alpha value is -1.38. The van der Waals surface area contributed by atoms with Crippen LogP contribution in [0, 0.1) is 5.92 Å². The summed E-state index contributed by atoms with van der Waals surface area (Å²) in [5.74, 6) is 2.02. The molecule has 2 heterocycles. The van der Waals surface area contributed by atoms with Crippen LogP contribution in [0.15, 0.2) is 29.4 Å². The molecule has 6 nitrogen and oxygen atoms in total. The van der Waals surface area contributed by atoms with Crippen LogP contribution in [0.2, 0.25) is 0 Å². The highest BCUT2D eigenvalue weighted by atomic mass is 127. The summed E-state index contributed by atoms with van der Waals surface area (Å²) in [6, 6.07) is 5.89. The average Bonchev–Trinajstić information content (AvgIpc) is 2.85. The molecule has 0 spiro atoms. The minimum atomic E-state index is 0. The van der Waals surface area contributed by atoms with E-state index in [2.05, 4.69) is 34.4 Å². The van der Waals surface area contributed by atoms with Crippen LogP contribution in [0.5, 0.6) is 0 Å². The first-order valence-electron chi connectivity index (χ1n) is 6.99. The zero-order valence-corrected chi connectivity index (χ0v) is 14.8. The molecule has 0 saturated carbocycles. The molecule has 2 aromatic heterocycles. The molecule has 2 aromatic rings. The molecule has 7 heteroatoms. The average molecular weight is 402 g/mol. The highest BCUT2D eigenvalue weighted by Gasteiger charge is 2.03. The van der Waals surface area contributed by atoms with E-state index in [1.807, 2.05) is 28.8 Å². The molecule has 0 aliphatic carbocycles. The molecule has 3 N–H and O–H groups in total. The summed E-state index contributed by atoms with van der Waals surface area (Å²) in [4.78, 5) is 4.26. The van der Waals surface area contributed by atoms with E-state index in [0.717, 1.165) is 37.4 Å². The number of aromatic nitrogens is 3. The summed E-state index contributed by atoms with van der Waals surface area (Å²) in [5.41, 5.74) is 6.66. The van der Waals surface area contributed by atoms with E-state index in [1.54, 1.807) is 0 Å². The molecule has 116 valence electrons. The highest BCUT2D eigenvalue weighted by Crippen LogP contribution is 2.04. The number of rotatable bonds is 6. The summed E-state index contributed by atoms with van der Waals surface area (Å²) in [6.07, 6.45) is 3.78. The van der Waals surface area contributed by atoms with Crippen molar-refractivity contribution in [1.29, 1.82) is 0 Å². The number of nitrogens with two attached hydrogens (primary N) is 1. The summed E-state index contributed by atoms with van der Waals surface area (Å²) in [5, 5.41) is 11.4. The van der Waals surface area contributed by atoms with Crippen molar-refractivity contribution in [1.82, 2.24) is 19.9 Å². The Bertz CT molecular complexity index is 578. The minimum absolute atomic E-state index is 0. The number of hydrogen-bond donors (Lipinski definition) is 2. The third kappa shape index (κ3) is 5.49. The number of guanidine groups is 1. The van der Waals surface area contributed by atoms with Gasteiger partial charge in [0.1, 0.15) is 5.82 Å². The molecule has 0 aliphatic rings. The van der Waals surface area contributed by atoms with Gasteiger partial charge in [0.05, 0.1) is 0 Å².